The molecule has 1 fully saturated rings. The number of carbonyl (C=O) groups excluding carboxylic acids is 2. The minimum absolute atomic E-state index is 0.0246. The molecule has 174 valence electrons. The average Bonchev–Trinajstić information content (AvgIpc) is 3.27. The number of furan rings is 1. The summed E-state index contributed by atoms with van der Waals surface area (Å²) >= 11 is 0. The van der Waals surface area contributed by atoms with Crippen molar-refractivity contribution in [3.8, 4) is 0 Å². The van der Waals surface area contributed by atoms with Crippen molar-refractivity contribution in [2.75, 3.05) is 13.1 Å². The molecule has 3 aromatic rings. The molecule has 2 aromatic heterocycles. The van der Waals surface area contributed by atoms with Crippen molar-refractivity contribution < 1.29 is 14.0 Å². The van der Waals surface area contributed by atoms with Crippen LogP contribution in [0.25, 0.3) is 0 Å². The molecule has 2 atom stereocenters. The third-order valence-electron chi connectivity index (χ3n) is 6.44. The van der Waals surface area contributed by atoms with E-state index in [1.807, 2.05) is 60.3 Å². The third-order valence-corrected chi connectivity index (χ3v) is 6.44. The van der Waals surface area contributed by atoms with Crippen molar-refractivity contribution >= 4 is 11.8 Å². The molecule has 2 amide bonds. The molecule has 1 unspecified atom stereocenters. The van der Waals surface area contributed by atoms with Crippen LogP contribution in [-0.4, -0.2) is 39.3 Å². The number of hydrogen-bond donors (Lipinski definition) is 0. The van der Waals surface area contributed by atoms with Gasteiger partial charge < -0.3 is 18.8 Å². The lowest BCUT2D eigenvalue weighted by Gasteiger charge is -2.28. The average molecular weight is 448 g/mol. The summed E-state index contributed by atoms with van der Waals surface area (Å²) in [5.74, 6) is 1.01. The molecule has 0 aliphatic heterocycles. The summed E-state index contributed by atoms with van der Waals surface area (Å²) < 4.78 is 7.52. The molecule has 1 aliphatic carbocycles. The first-order chi connectivity index (χ1) is 16.1. The fourth-order valence-electron chi connectivity index (χ4n) is 4.33. The van der Waals surface area contributed by atoms with Crippen LogP contribution in [-0.2, 0) is 29.7 Å². The Kier molecular flexibility index (Phi) is 7.33. The van der Waals surface area contributed by atoms with Gasteiger partial charge in [-0.3, -0.25) is 9.59 Å². The van der Waals surface area contributed by atoms with Crippen LogP contribution in [0.5, 0.6) is 0 Å². The van der Waals surface area contributed by atoms with Gasteiger partial charge in [-0.2, -0.15) is 0 Å². The van der Waals surface area contributed by atoms with E-state index in [2.05, 4.69) is 19.1 Å². The molecule has 1 aliphatic rings. The van der Waals surface area contributed by atoms with Crippen LogP contribution >= 0.6 is 0 Å². The second kappa shape index (κ2) is 10.6. The van der Waals surface area contributed by atoms with Crippen molar-refractivity contribution in [1.82, 2.24) is 14.4 Å². The predicted octanol–water partition coefficient (Wildman–Crippen LogP) is 4.58. The van der Waals surface area contributed by atoms with E-state index in [4.69, 9.17) is 4.42 Å². The van der Waals surface area contributed by atoms with E-state index in [-0.39, 0.29) is 30.2 Å². The Morgan fingerprint density at radius 2 is 1.85 bits per heavy atom. The molecule has 4 rings (SSSR count). The second-order valence-corrected chi connectivity index (χ2v) is 8.91. The number of aromatic nitrogens is 1. The van der Waals surface area contributed by atoms with E-state index in [1.165, 1.54) is 5.56 Å². The Bertz CT molecular complexity index is 1040. The van der Waals surface area contributed by atoms with E-state index < -0.39 is 0 Å². The Balaban J connectivity index is 1.46. The summed E-state index contributed by atoms with van der Waals surface area (Å²) in [5, 5.41) is 0. The van der Waals surface area contributed by atoms with Crippen molar-refractivity contribution in [3.63, 3.8) is 0 Å². The maximum Gasteiger partial charge on any atom is 0.242 e. The normalized spacial score (nSPS) is 17.0. The summed E-state index contributed by atoms with van der Waals surface area (Å²) in [6.45, 7) is 3.66. The lowest BCUT2D eigenvalue weighted by molar-refractivity contribution is -0.142. The largest absolute Gasteiger partial charge is 0.467 e. The number of aryl methyl sites for hydroxylation is 1. The minimum atomic E-state index is -0.0611. The van der Waals surface area contributed by atoms with Gasteiger partial charge in [-0.15, -0.1) is 0 Å². The number of carbonyl (C=O) groups is 2. The van der Waals surface area contributed by atoms with Gasteiger partial charge in [-0.1, -0.05) is 43.7 Å². The van der Waals surface area contributed by atoms with Crippen LogP contribution in [0.2, 0.25) is 0 Å². The van der Waals surface area contributed by atoms with Crippen LogP contribution < -0.4 is 0 Å². The third kappa shape index (κ3) is 5.75. The maximum absolute atomic E-state index is 13.5. The fourth-order valence-corrected chi connectivity index (χ4v) is 4.33. The molecule has 6 heteroatoms. The fraction of sp³-hybridized carbons (Fsp3) is 0.407. The van der Waals surface area contributed by atoms with Crippen LogP contribution in [0.4, 0.5) is 0 Å². The first kappa shape index (κ1) is 22.9. The minimum Gasteiger partial charge on any atom is -0.467 e. The van der Waals surface area contributed by atoms with Crippen molar-refractivity contribution in [2.45, 2.75) is 45.2 Å². The number of amides is 2. The highest BCUT2D eigenvalue weighted by Gasteiger charge is 2.46. The zero-order valence-corrected chi connectivity index (χ0v) is 19.5. The molecule has 0 spiro atoms. The van der Waals surface area contributed by atoms with Gasteiger partial charge in [0.2, 0.25) is 11.8 Å². The Morgan fingerprint density at radius 1 is 1.03 bits per heavy atom. The molecular formula is C27H33N3O3. The molecule has 0 saturated heterocycles. The topological polar surface area (TPSA) is 58.7 Å². The molecule has 6 nitrogen and oxygen atoms in total. The lowest BCUT2D eigenvalue weighted by atomic mass is 10.1. The number of unbranched alkanes of at least 4 members (excludes halogenated alkanes) is 1. The van der Waals surface area contributed by atoms with Gasteiger partial charge >= 0.3 is 0 Å². The van der Waals surface area contributed by atoms with Gasteiger partial charge in [-0.25, -0.2) is 0 Å². The predicted molar refractivity (Wildman–Crippen MR) is 127 cm³/mol. The second-order valence-electron chi connectivity index (χ2n) is 8.91. The van der Waals surface area contributed by atoms with Crippen molar-refractivity contribution in [1.29, 1.82) is 0 Å². The number of benzene rings is 1. The van der Waals surface area contributed by atoms with Gasteiger partial charge in [0.25, 0.3) is 0 Å². The van der Waals surface area contributed by atoms with Crippen molar-refractivity contribution in [2.24, 2.45) is 13.0 Å². The van der Waals surface area contributed by atoms with E-state index in [0.29, 0.717) is 19.6 Å². The van der Waals surface area contributed by atoms with E-state index in [1.54, 1.807) is 16.1 Å². The first-order valence-corrected chi connectivity index (χ1v) is 11.8. The van der Waals surface area contributed by atoms with Crippen LogP contribution in [0.3, 0.4) is 0 Å². The monoisotopic (exact) mass is 447 g/mol. The molecule has 0 radical (unpaired) electrons. The van der Waals surface area contributed by atoms with Gasteiger partial charge in [-0.05, 0) is 48.6 Å². The van der Waals surface area contributed by atoms with Crippen LogP contribution in [0, 0.1) is 5.92 Å². The van der Waals surface area contributed by atoms with Crippen LogP contribution in [0.15, 0.2) is 71.5 Å². The number of rotatable bonds is 11. The van der Waals surface area contributed by atoms with Crippen molar-refractivity contribution in [3.05, 3.63) is 84.1 Å². The highest BCUT2D eigenvalue weighted by molar-refractivity contribution is 5.88. The van der Waals surface area contributed by atoms with Crippen LogP contribution in [0.1, 0.15) is 49.1 Å². The molecule has 2 heterocycles. The standard InChI is InChI=1S/C27H33N3O3/c1-3-4-15-29(27(32)25-17-24(25)21-10-6-5-7-11-21)20-26(31)30(19-23-13-9-16-33-23)18-22-12-8-14-28(22)2/h5-14,16,24-25H,3-4,15,17-20H2,1-2H3/t24-,25?/m0/s1. The summed E-state index contributed by atoms with van der Waals surface area (Å²) in [5.41, 5.74) is 2.24. The number of hydrogen-bond acceptors (Lipinski definition) is 3. The summed E-state index contributed by atoms with van der Waals surface area (Å²) in [6.07, 6.45) is 6.31. The highest BCUT2D eigenvalue weighted by Crippen LogP contribution is 2.48. The molecule has 33 heavy (non-hydrogen) atoms. The Morgan fingerprint density at radius 3 is 2.52 bits per heavy atom. The van der Waals surface area contributed by atoms with Gasteiger partial charge in [0, 0.05) is 31.4 Å². The quantitative estimate of drug-likeness (QED) is 0.432. The molecule has 1 saturated carbocycles. The summed E-state index contributed by atoms with van der Waals surface area (Å²) in [4.78, 5) is 30.4. The summed E-state index contributed by atoms with van der Waals surface area (Å²) in [7, 11) is 1.97. The molecular weight excluding hydrogens is 414 g/mol. The van der Waals surface area contributed by atoms with E-state index in [9.17, 15) is 9.59 Å². The first-order valence-electron chi connectivity index (χ1n) is 11.8. The number of nitrogens with zero attached hydrogens (tertiary/aromatic N) is 3. The molecule has 0 bridgehead atoms. The Hall–Kier alpha value is -3.28. The Labute approximate surface area is 195 Å². The van der Waals surface area contributed by atoms with Gasteiger partial charge in [0.15, 0.2) is 0 Å². The van der Waals surface area contributed by atoms with E-state index in [0.717, 1.165) is 30.7 Å². The molecule has 0 N–H and O–H groups in total. The lowest BCUT2D eigenvalue weighted by Crippen LogP contribution is -2.43. The SMILES string of the molecule is CCCCN(CC(=O)N(Cc1ccco1)Cc1cccn1C)C(=O)C1C[C@H]1c1ccccc1. The highest BCUT2D eigenvalue weighted by atomic mass is 16.3. The molecule has 1 aromatic carbocycles. The maximum atomic E-state index is 13.5. The van der Waals surface area contributed by atoms with Gasteiger partial charge in [0.05, 0.1) is 25.9 Å². The zero-order chi connectivity index (χ0) is 23.2. The summed E-state index contributed by atoms with van der Waals surface area (Å²) in [6, 6.07) is 17.9. The van der Waals surface area contributed by atoms with E-state index >= 15 is 0 Å². The smallest absolute Gasteiger partial charge is 0.242 e. The zero-order valence-electron chi connectivity index (χ0n) is 19.5. The van der Waals surface area contributed by atoms with Gasteiger partial charge in [0.1, 0.15) is 5.76 Å².